The molecule has 4 heteroatoms. The average molecular weight is 301 g/mol. The summed E-state index contributed by atoms with van der Waals surface area (Å²) in [5.41, 5.74) is 3.29. The lowest BCUT2D eigenvalue weighted by molar-refractivity contribution is -0.121. The van der Waals surface area contributed by atoms with Gasteiger partial charge in [0.25, 0.3) is 0 Å². The molecule has 21 heavy (non-hydrogen) atoms. The van der Waals surface area contributed by atoms with E-state index in [4.69, 9.17) is 11.6 Å². The molecule has 1 aliphatic heterocycles. The fourth-order valence-corrected chi connectivity index (χ4v) is 2.93. The van der Waals surface area contributed by atoms with Gasteiger partial charge in [-0.1, -0.05) is 41.9 Å². The zero-order chi connectivity index (χ0) is 14.8. The van der Waals surface area contributed by atoms with Gasteiger partial charge in [-0.3, -0.25) is 9.69 Å². The molecule has 2 aromatic carbocycles. The van der Waals surface area contributed by atoms with Crippen LogP contribution >= 0.6 is 11.6 Å². The Morgan fingerprint density at radius 3 is 2.71 bits per heavy atom. The molecule has 0 bridgehead atoms. The smallest absolute Gasteiger partial charge is 0.242 e. The molecule has 0 aromatic heterocycles. The van der Waals surface area contributed by atoms with E-state index in [0.717, 1.165) is 18.7 Å². The molecule has 0 saturated heterocycles. The Balaban J connectivity index is 1.76. The summed E-state index contributed by atoms with van der Waals surface area (Å²) in [7, 11) is 1.98. The molecule has 0 spiro atoms. The van der Waals surface area contributed by atoms with Gasteiger partial charge < -0.3 is 5.32 Å². The molecule has 108 valence electrons. The minimum absolute atomic E-state index is 0.00858. The van der Waals surface area contributed by atoms with Crippen molar-refractivity contribution in [3.05, 3.63) is 64.7 Å². The standard InChI is InChI=1S/C17H17ClN2O/c1-20-11-13-6-3-2-5-12(13)9-16(20)17(21)19-15-8-4-7-14(18)10-15/h2-8,10,16H,9,11H2,1H3,(H,19,21). The summed E-state index contributed by atoms with van der Waals surface area (Å²) in [6, 6.07) is 15.4. The van der Waals surface area contributed by atoms with Gasteiger partial charge in [0, 0.05) is 17.3 Å². The van der Waals surface area contributed by atoms with E-state index < -0.39 is 0 Å². The zero-order valence-electron chi connectivity index (χ0n) is 11.8. The van der Waals surface area contributed by atoms with Crippen LogP contribution in [0.2, 0.25) is 5.02 Å². The van der Waals surface area contributed by atoms with Crippen molar-refractivity contribution in [1.82, 2.24) is 4.90 Å². The number of anilines is 1. The second-order valence-corrected chi connectivity index (χ2v) is 5.84. The Morgan fingerprint density at radius 2 is 1.95 bits per heavy atom. The number of benzene rings is 2. The molecule has 3 nitrogen and oxygen atoms in total. The number of carbonyl (C=O) groups excluding carboxylic acids is 1. The van der Waals surface area contributed by atoms with Crippen molar-refractivity contribution in [2.24, 2.45) is 0 Å². The van der Waals surface area contributed by atoms with Crippen molar-refractivity contribution < 1.29 is 4.79 Å². The van der Waals surface area contributed by atoms with Gasteiger partial charge in [-0.25, -0.2) is 0 Å². The second kappa shape index (κ2) is 5.88. The van der Waals surface area contributed by atoms with Gasteiger partial charge >= 0.3 is 0 Å². The molecule has 1 amide bonds. The van der Waals surface area contributed by atoms with Gasteiger partial charge in [-0.05, 0) is 42.8 Å². The lowest BCUT2D eigenvalue weighted by atomic mass is 9.94. The third-order valence-electron chi connectivity index (χ3n) is 3.88. The number of hydrogen-bond acceptors (Lipinski definition) is 2. The van der Waals surface area contributed by atoms with E-state index >= 15 is 0 Å². The molecule has 1 atom stereocenters. The van der Waals surface area contributed by atoms with Crippen molar-refractivity contribution >= 4 is 23.2 Å². The highest BCUT2D eigenvalue weighted by Gasteiger charge is 2.28. The van der Waals surface area contributed by atoms with Crippen LogP contribution in [0, 0.1) is 0 Å². The molecule has 0 aliphatic carbocycles. The predicted octanol–water partition coefficient (Wildman–Crippen LogP) is 3.34. The largest absolute Gasteiger partial charge is 0.325 e. The van der Waals surface area contributed by atoms with Crippen LogP contribution in [0.15, 0.2) is 48.5 Å². The molecular formula is C17H17ClN2O. The van der Waals surface area contributed by atoms with Crippen LogP contribution in [0.5, 0.6) is 0 Å². The summed E-state index contributed by atoms with van der Waals surface area (Å²) in [6.45, 7) is 0.795. The molecule has 2 aromatic rings. The molecule has 1 N–H and O–H groups in total. The van der Waals surface area contributed by atoms with Gasteiger partial charge in [0.1, 0.15) is 0 Å². The van der Waals surface area contributed by atoms with Gasteiger partial charge in [0.15, 0.2) is 0 Å². The van der Waals surface area contributed by atoms with Gasteiger partial charge in [-0.15, -0.1) is 0 Å². The first-order valence-corrected chi connectivity index (χ1v) is 7.35. The molecule has 3 rings (SSSR count). The van der Waals surface area contributed by atoms with E-state index in [1.807, 2.05) is 31.3 Å². The highest BCUT2D eigenvalue weighted by atomic mass is 35.5. The number of rotatable bonds is 2. The van der Waals surface area contributed by atoms with Crippen LogP contribution in [-0.4, -0.2) is 23.9 Å². The maximum absolute atomic E-state index is 12.5. The number of amides is 1. The molecule has 1 heterocycles. The third-order valence-corrected chi connectivity index (χ3v) is 4.11. The molecule has 1 aliphatic rings. The Kier molecular flexibility index (Phi) is 3.95. The fourth-order valence-electron chi connectivity index (χ4n) is 2.74. The van der Waals surface area contributed by atoms with E-state index in [2.05, 4.69) is 22.3 Å². The maximum atomic E-state index is 12.5. The molecule has 1 unspecified atom stereocenters. The van der Waals surface area contributed by atoms with Crippen molar-refractivity contribution in [1.29, 1.82) is 0 Å². The van der Waals surface area contributed by atoms with Crippen LogP contribution in [0.25, 0.3) is 0 Å². The lowest BCUT2D eigenvalue weighted by Crippen LogP contribution is -2.45. The summed E-state index contributed by atoms with van der Waals surface area (Å²) >= 11 is 5.95. The molecule has 0 saturated carbocycles. The van der Waals surface area contributed by atoms with Gasteiger partial charge in [-0.2, -0.15) is 0 Å². The SMILES string of the molecule is CN1Cc2ccccc2CC1C(=O)Nc1cccc(Cl)c1. The Bertz CT molecular complexity index is 671. The Hall–Kier alpha value is -1.84. The minimum Gasteiger partial charge on any atom is -0.325 e. The summed E-state index contributed by atoms with van der Waals surface area (Å²) in [4.78, 5) is 14.6. The number of halogens is 1. The average Bonchev–Trinajstić information content (AvgIpc) is 2.46. The number of likely N-dealkylation sites (N-methyl/N-ethyl adjacent to an activating group) is 1. The predicted molar refractivity (Wildman–Crippen MR) is 85.5 cm³/mol. The van der Waals surface area contributed by atoms with Crippen LogP contribution in [0.4, 0.5) is 5.69 Å². The number of nitrogens with zero attached hydrogens (tertiary/aromatic N) is 1. The quantitative estimate of drug-likeness (QED) is 0.922. The highest BCUT2D eigenvalue weighted by Crippen LogP contribution is 2.23. The third kappa shape index (κ3) is 3.09. The number of fused-ring (bicyclic) bond motifs is 1. The lowest BCUT2D eigenvalue weighted by Gasteiger charge is -2.33. The van der Waals surface area contributed by atoms with E-state index in [1.165, 1.54) is 11.1 Å². The van der Waals surface area contributed by atoms with Crippen LogP contribution in [0.3, 0.4) is 0 Å². The normalized spacial score (nSPS) is 18.1. The van der Waals surface area contributed by atoms with Crippen LogP contribution in [0.1, 0.15) is 11.1 Å². The maximum Gasteiger partial charge on any atom is 0.242 e. The topological polar surface area (TPSA) is 32.3 Å². The van der Waals surface area contributed by atoms with Crippen LogP contribution in [-0.2, 0) is 17.8 Å². The van der Waals surface area contributed by atoms with Crippen molar-refractivity contribution in [3.8, 4) is 0 Å². The highest BCUT2D eigenvalue weighted by molar-refractivity contribution is 6.30. The number of carbonyl (C=O) groups is 1. The Labute approximate surface area is 129 Å². The first-order chi connectivity index (χ1) is 10.1. The fraction of sp³-hybridized carbons (Fsp3) is 0.235. The van der Waals surface area contributed by atoms with Crippen molar-refractivity contribution in [3.63, 3.8) is 0 Å². The van der Waals surface area contributed by atoms with Gasteiger partial charge in [0.05, 0.1) is 6.04 Å². The summed E-state index contributed by atoms with van der Waals surface area (Å²) in [5.74, 6) is 0.00858. The number of hydrogen-bond donors (Lipinski definition) is 1. The molecule has 0 radical (unpaired) electrons. The second-order valence-electron chi connectivity index (χ2n) is 5.40. The van der Waals surface area contributed by atoms with Gasteiger partial charge in [0.2, 0.25) is 5.91 Å². The summed E-state index contributed by atoms with van der Waals surface area (Å²) in [5, 5.41) is 3.57. The molecule has 0 fully saturated rings. The van der Waals surface area contributed by atoms with E-state index in [1.54, 1.807) is 12.1 Å². The van der Waals surface area contributed by atoms with E-state index in [-0.39, 0.29) is 11.9 Å². The zero-order valence-corrected chi connectivity index (χ0v) is 12.6. The minimum atomic E-state index is -0.154. The molecular weight excluding hydrogens is 284 g/mol. The first-order valence-electron chi connectivity index (χ1n) is 6.97. The van der Waals surface area contributed by atoms with Crippen molar-refractivity contribution in [2.75, 3.05) is 12.4 Å². The summed E-state index contributed by atoms with van der Waals surface area (Å²) in [6.07, 6.45) is 0.735. The van der Waals surface area contributed by atoms with E-state index in [0.29, 0.717) is 5.02 Å². The van der Waals surface area contributed by atoms with Crippen LogP contribution < -0.4 is 5.32 Å². The van der Waals surface area contributed by atoms with E-state index in [9.17, 15) is 4.79 Å². The number of nitrogens with one attached hydrogen (secondary N) is 1. The Morgan fingerprint density at radius 1 is 1.19 bits per heavy atom. The first kappa shape index (κ1) is 14.1. The van der Waals surface area contributed by atoms with Crippen molar-refractivity contribution in [2.45, 2.75) is 19.0 Å². The monoisotopic (exact) mass is 300 g/mol. The summed E-state index contributed by atoms with van der Waals surface area (Å²) < 4.78 is 0.